The molecule has 0 aliphatic carbocycles. The molecule has 2 aromatic carbocycles. The summed E-state index contributed by atoms with van der Waals surface area (Å²) in [5.74, 6) is 0.599. The predicted octanol–water partition coefficient (Wildman–Crippen LogP) is 2.16. The van der Waals surface area contributed by atoms with E-state index in [0.29, 0.717) is 43.4 Å². The molecule has 1 saturated heterocycles. The maximum atomic E-state index is 13.2. The number of rotatable bonds is 5. The number of aromatic nitrogens is 2. The number of carbonyl (C=O) groups excluding carboxylic acids is 2. The topological polar surface area (TPSA) is 95.2 Å². The smallest absolute Gasteiger partial charge is 0.278 e. The van der Waals surface area contributed by atoms with Crippen molar-refractivity contribution >= 4 is 23.3 Å². The summed E-state index contributed by atoms with van der Waals surface area (Å²) in [6.45, 7) is 1.85. The maximum absolute atomic E-state index is 13.2. The Hall–Kier alpha value is -3.50. The molecule has 0 saturated carbocycles. The van der Waals surface area contributed by atoms with Crippen molar-refractivity contribution < 1.29 is 23.8 Å². The lowest BCUT2D eigenvalue weighted by Crippen LogP contribution is -2.42. The third kappa shape index (κ3) is 4.71. The van der Waals surface area contributed by atoms with Crippen molar-refractivity contribution in [2.75, 3.05) is 40.5 Å². The zero-order valence-corrected chi connectivity index (χ0v) is 18.5. The van der Waals surface area contributed by atoms with Gasteiger partial charge in [-0.25, -0.2) is 0 Å². The fourth-order valence-electron chi connectivity index (χ4n) is 3.11. The van der Waals surface area contributed by atoms with Gasteiger partial charge in [0.1, 0.15) is 11.5 Å². The molecule has 2 amide bonds. The predicted molar refractivity (Wildman–Crippen MR) is 118 cm³/mol. The standard InChI is InChI=1S/C22H22N4O5S/c1-29-17-7-3-15(4-8-17)20(27)23-21-19(22(28)25-11-13-31-14-12-25)24-26(32-21)16-5-9-18(30-2)10-6-16/h3-10H,11-14H2,1-2H3. The Morgan fingerprint density at radius 3 is 2.16 bits per heavy atom. The molecule has 10 heteroatoms. The summed E-state index contributed by atoms with van der Waals surface area (Å²) in [6.07, 6.45) is 0. The number of nitrogens with zero attached hydrogens (tertiary/aromatic N) is 4. The molecule has 1 aliphatic rings. The van der Waals surface area contributed by atoms with Gasteiger partial charge in [-0.3, -0.25) is 9.59 Å². The van der Waals surface area contributed by atoms with Crippen molar-refractivity contribution in [2.24, 2.45) is 4.99 Å². The second-order valence-electron chi connectivity index (χ2n) is 6.87. The lowest BCUT2D eigenvalue weighted by atomic mass is 10.2. The first kappa shape index (κ1) is 21.7. The van der Waals surface area contributed by atoms with Gasteiger partial charge in [-0.05, 0) is 60.1 Å². The van der Waals surface area contributed by atoms with E-state index in [0.717, 1.165) is 17.2 Å². The minimum Gasteiger partial charge on any atom is -0.497 e. The zero-order chi connectivity index (χ0) is 22.5. The van der Waals surface area contributed by atoms with Crippen LogP contribution < -0.4 is 14.1 Å². The molecule has 0 N–H and O–H groups in total. The Bertz CT molecular complexity index is 1160. The van der Waals surface area contributed by atoms with Gasteiger partial charge in [0, 0.05) is 18.7 Å². The Morgan fingerprint density at radius 2 is 1.56 bits per heavy atom. The normalized spacial score (nSPS) is 14.3. The van der Waals surface area contributed by atoms with Crippen molar-refractivity contribution in [3.8, 4) is 17.2 Å². The third-order valence-electron chi connectivity index (χ3n) is 4.90. The monoisotopic (exact) mass is 454 g/mol. The summed E-state index contributed by atoms with van der Waals surface area (Å²) in [7, 11) is 3.15. The minimum absolute atomic E-state index is 0.134. The molecule has 4 rings (SSSR count). The van der Waals surface area contributed by atoms with Gasteiger partial charge in [-0.15, -0.1) is 5.10 Å². The molecule has 2 heterocycles. The van der Waals surface area contributed by atoms with Gasteiger partial charge in [0.2, 0.25) is 0 Å². The molecule has 0 unspecified atom stereocenters. The minimum atomic E-state index is -0.464. The second-order valence-corrected chi connectivity index (χ2v) is 7.78. The van der Waals surface area contributed by atoms with E-state index in [1.54, 1.807) is 59.6 Å². The van der Waals surface area contributed by atoms with Crippen LogP contribution in [-0.4, -0.2) is 66.4 Å². The summed E-state index contributed by atoms with van der Waals surface area (Å²) in [5.41, 5.74) is 1.25. The van der Waals surface area contributed by atoms with E-state index >= 15 is 0 Å². The summed E-state index contributed by atoms with van der Waals surface area (Å²) in [6, 6.07) is 13.9. The number of methoxy groups -OCH3 is 2. The van der Waals surface area contributed by atoms with Crippen LogP contribution in [0.1, 0.15) is 20.8 Å². The molecule has 1 fully saturated rings. The third-order valence-corrected chi connectivity index (χ3v) is 5.82. The molecular weight excluding hydrogens is 432 g/mol. The van der Waals surface area contributed by atoms with Gasteiger partial charge < -0.3 is 19.1 Å². The highest BCUT2D eigenvalue weighted by molar-refractivity contribution is 7.04. The van der Waals surface area contributed by atoms with Crippen molar-refractivity contribution in [3.05, 3.63) is 64.5 Å². The molecule has 9 nitrogen and oxygen atoms in total. The van der Waals surface area contributed by atoms with Gasteiger partial charge in [0.15, 0.2) is 10.4 Å². The van der Waals surface area contributed by atoms with Crippen LogP contribution in [0.2, 0.25) is 0 Å². The van der Waals surface area contributed by atoms with E-state index in [9.17, 15) is 9.59 Å². The van der Waals surface area contributed by atoms with Gasteiger partial charge in [0.25, 0.3) is 11.8 Å². The summed E-state index contributed by atoms with van der Waals surface area (Å²) >= 11 is 1.12. The number of hydrogen-bond acceptors (Lipinski definition) is 7. The molecule has 0 bridgehead atoms. The average molecular weight is 455 g/mol. The van der Waals surface area contributed by atoms with Gasteiger partial charge in [-0.2, -0.15) is 9.06 Å². The quantitative estimate of drug-likeness (QED) is 0.586. The largest absolute Gasteiger partial charge is 0.497 e. The van der Waals surface area contributed by atoms with Crippen LogP contribution in [0.15, 0.2) is 53.5 Å². The van der Waals surface area contributed by atoms with Crippen LogP contribution in [0.3, 0.4) is 0 Å². The Kier molecular flexibility index (Phi) is 6.62. The van der Waals surface area contributed by atoms with Crippen molar-refractivity contribution in [1.82, 2.24) is 14.1 Å². The molecule has 0 radical (unpaired) electrons. The molecule has 0 spiro atoms. The van der Waals surface area contributed by atoms with Crippen LogP contribution in [0.25, 0.3) is 5.69 Å². The number of amides is 2. The van der Waals surface area contributed by atoms with Crippen LogP contribution in [0.5, 0.6) is 11.5 Å². The summed E-state index contributed by atoms with van der Waals surface area (Å²) in [5, 5.41) is 4.48. The number of benzene rings is 2. The van der Waals surface area contributed by atoms with E-state index in [1.807, 2.05) is 12.1 Å². The number of morpholine rings is 1. The second kappa shape index (κ2) is 9.75. The maximum Gasteiger partial charge on any atom is 0.278 e. The molecular formula is C22H22N4O5S. The average Bonchev–Trinajstić information content (AvgIpc) is 3.27. The first-order valence-electron chi connectivity index (χ1n) is 9.94. The van der Waals surface area contributed by atoms with Crippen molar-refractivity contribution in [2.45, 2.75) is 0 Å². The molecule has 1 aliphatic heterocycles. The van der Waals surface area contributed by atoms with Crippen LogP contribution in [0.4, 0.5) is 0 Å². The highest BCUT2D eigenvalue weighted by Crippen LogP contribution is 2.16. The van der Waals surface area contributed by atoms with E-state index in [4.69, 9.17) is 14.2 Å². The SMILES string of the molecule is COc1ccc(C(=O)N=c2sn(-c3ccc(OC)cc3)nc2C(=O)N2CCOCC2)cc1. The van der Waals surface area contributed by atoms with E-state index < -0.39 is 5.91 Å². The Labute approximate surface area is 188 Å². The fourth-order valence-corrected chi connectivity index (χ4v) is 3.97. The molecule has 3 aromatic rings. The van der Waals surface area contributed by atoms with Crippen LogP contribution in [0, 0.1) is 0 Å². The first-order valence-corrected chi connectivity index (χ1v) is 10.7. The van der Waals surface area contributed by atoms with Crippen LogP contribution in [-0.2, 0) is 4.74 Å². The van der Waals surface area contributed by atoms with Crippen LogP contribution >= 0.6 is 11.5 Å². The van der Waals surface area contributed by atoms with Gasteiger partial charge in [-0.1, -0.05) is 0 Å². The van der Waals surface area contributed by atoms with Crippen molar-refractivity contribution in [1.29, 1.82) is 0 Å². The molecule has 0 atom stereocenters. The lowest BCUT2D eigenvalue weighted by Gasteiger charge is -2.25. The Balaban J connectivity index is 1.73. The zero-order valence-electron chi connectivity index (χ0n) is 17.7. The van der Waals surface area contributed by atoms with Gasteiger partial charge in [0.05, 0.1) is 33.1 Å². The number of hydrogen-bond donors (Lipinski definition) is 0. The Morgan fingerprint density at radius 1 is 0.969 bits per heavy atom. The van der Waals surface area contributed by atoms with Gasteiger partial charge >= 0.3 is 0 Å². The lowest BCUT2D eigenvalue weighted by molar-refractivity contribution is 0.0297. The molecule has 32 heavy (non-hydrogen) atoms. The van der Waals surface area contributed by atoms with E-state index in [2.05, 4.69) is 10.1 Å². The van der Waals surface area contributed by atoms with Crippen molar-refractivity contribution in [3.63, 3.8) is 0 Å². The summed E-state index contributed by atoms with van der Waals surface area (Å²) < 4.78 is 17.5. The highest BCUT2D eigenvalue weighted by Gasteiger charge is 2.24. The summed E-state index contributed by atoms with van der Waals surface area (Å²) in [4.78, 5) is 31.8. The van der Waals surface area contributed by atoms with E-state index in [1.165, 1.54) is 0 Å². The number of carbonyl (C=O) groups is 2. The fraction of sp³-hybridized carbons (Fsp3) is 0.273. The van der Waals surface area contributed by atoms with E-state index in [-0.39, 0.29) is 16.3 Å². The molecule has 1 aromatic heterocycles. The number of ether oxygens (including phenoxy) is 3. The molecule has 166 valence electrons. The first-order chi connectivity index (χ1) is 15.6. The highest BCUT2D eigenvalue weighted by atomic mass is 32.1.